The number of nitrogens with two attached hydrogens (primary N) is 1. The molecule has 0 aliphatic carbocycles. The lowest BCUT2D eigenvalue weighted by Crippen LogP contribution is -2.45. The molecule has 1 aliphatic heterocycles. The van der Waals surface area contributed by atoms with Crippen molar-refractivity contribution in [3.8, 4) is 0 Å². The Morgan fingerprint density at radius 3 is 2.57 bits per heavy atom. The Kier molecular flexibility index (Phi) is 7.89. The Hall–Kier alpha value is -3.56. The van der Waals surface area contributed by atoms with E-state index in [9.17, 15) is 4.79 Å². The molecule has 1 aliphatic rings. The molecule has 0 unspecified atom stereocenters. The van der Waals surface area contributed by atoms with Gasteiger partial charge in [0.15, 0.2) is 11.0 Å². The van der Waals surface area contributed by atoms with Gasteiger partial charge >= 0.3 is 0 Å². The van der Waals surface area contributed by atoms with Crippen LogP contribution in [0.25, 0.3) is 0 Å². The Labute approximate surface area is 213 Å². The number of hydrazone groups is 1. The molecule has 2 heterocycles. The van der Waals surface area contributed by atoms with E-state index in [0.29, 0.717) is 39.0 Å². The number of nitrogens with one attached hydrogen (secondary N) is 2. The summed E-state index contributed by atoms with van der Waals surface area (Å²) in [5, 5.41) is 10.8. The molecule has 180 valence electrons. The first kappa shape index (κ1) is 24.6. The summed E-state index contributed by atoms with van der Waals surface area (Å²) in [6, 6.07) is 16.3. The van der Waals surface area contributed by atoms with Crippen LogP contribution in [-0.2, 0) is 0 Å². The molecular weight excluding hydrogens is 482 g/mol. The Morgan fingerprint density at radius 1 is 1.17 bits per heavy atom. The third-order valence-corrected chi connectivity index (χ3v) is 6.44. The van der Waals surface area contributed by atoms with Gasteiger partial charge in [0.2, 0.25) is 0 Å². The highest BCUT2D eigenvalue weighted by Crippen LogP contribution is 2.31. The number of nitrogens with zero attached hydrogens (tertiary/aromatic N) is 4. The maximum atomic E-state index is 12.5. The van der Waals surface area contributed by atoms with Crippen LogP contribution in [0.5, 0.6) is 0 Å². The lowest BCUT2D eigenvalue weighted by molar-refractivity contribution is 0.102. The summed E-state index contributed by atoms with van der Waals surface area (Å²) in [6.45, 7) is 6.01. The molecule has 4 rings (SSSR count). The number of halogens is 1. The summed E-state index contributed by atoms with van der Waals surface area (Å²) in [4.78, 5) is 25.0. The van der Waals surface area contributed by atoms with Crippen molar-refractivity contribution >= 4 is 52.4 Å². The second-order valence-electron chi connectivity index (χ2n) is 8.10. The normalized spacial score (nSPS) is 14.1. The number of amidine groups is 1. The molecule has 1 aromatic heterocycles. The number of amides is 1. The van der Waals surface area contributed by atoms with Crippen molar-refractivity contribution in [1.82, 2.24) is 9.97 Å². The zero-order valence-electron chi connectivity index (χ0n) is 19.4. The average Bonchev–Trinajstić information content (AvgIpc) is 2.83. The van der Waals surface area contributed by atoms with E-state index < -0.39 is 0 Å². The highest BCUT2D eigenvalue weighted by molar-refractivity contribution is 7.99. The van der Waals surface area contributed by atoms with E-state index >= 15 is 0 Å². The van der Waals surface area contributed by atoms with Crippen molar-refractivity contribution in [2.75, 3.05) is 28.6 Å². The summed E-state index contributed by atoms with van der Waals surface area (Å²) < 4.78 is 0. The van der Waals surface area contributed by atoms with Gasteiger partial charge in [0.05, 0.1) is 10.6 Å². The van der Waals surface area contributed by atoms with Crippen LogP contribution in [-0.4, -0.2) is 34.8 Å². The highest BCUT2D eigenvalue weighted by Gasteiger charge is 2.25. The van der Waals surface area contributed by atoms with Gasteiger partial charge in [0.1, 0.15) is 11.6 Å². The number of carbonyl (C=O) groups excluding carboxylic acids is 1. The summed E-state index contributed by atoms with van der Waals surface area (Å²) in [6.07, 6.45) is 3.62. The van der Waals surface area contributed by atoms with E-state index in [1.807, 2.05) is 43.3 Å². The fourth-order valence-electron chi connectivity index (χ4n) is 3.53. The molecule has 1 fully saturated rings. The molecular formula is C25H26ClN7OS. The molecule has 8 nitrogen and oxygen atoms in total. The number of anilines is 3. The highest BCUT2D eigenvalue weighted by atomic mass is 35.5. The van der Waals surface area contributed by atoms with Gasteiger partial charge in [-0.05, 0) is 67.1 Å². The second kappa shape index (κ2) is 11.2. The molecule has 0 saturated carbocycles. The smallest absolute Gasteiger partial charge is 0.257 e. The largest absolute Gasteiger partial charge is 0.356 e. The van der Waals surface area contributed by atoms with Gasteiger partial charge in [-0.2, -0.15) is 5.10 Å². The molecule has 3 aromatic rings. The lowest BCUT2D eigenvalue weighted by Gasteiger charge is -2.38. The predicted molar refractivity (Wildman–Crippen MR) is 143 cm³/mol. The third-order valence-electron chi connectivity index (χ3n) is 5.24. The van der Waals surface area contributed by atoms with E-state index in [4.69, 9.17) is 22.4 Å². The van der Waals surface area contributed by atoms with Crippen molar-refractivity contribution in [3.05, 3.63) is 77.3 Å². The summed E-state index contributed by atoms with van der Waals surface area (Å²) in [5.41, 5.74) is 1.09. The Bertz CT molecular complexity index is 1260. The molecule has 35 heavy (non-hydrogen) atoms. The van der Waals surface area contributed by atoms with Crippen molar-refractivity contribution in [2.24, 2.45) is 16.9 Å². The van der Waals surface area contributed by atoms with Crippen LogP contribution in [0.4, 0.5) is 17.3 Å². The quantitative estimate of drug-likeness (QED) is 0.132. The van der Waals surface area contributed by atoms with E-state index in [-0.39, 0.29) is 5.91 Å². The van der Waals surface area contributed by atoms with Crippen molar-refractivity contribution in [1.29, 1.82) is 0 Å². The van der Waals surface area contributed by atoms with Crippen LogP contribution in [0.2, 0.25) is 5.02 Å². The van der Waals surface area contributed by atoms with Crippen molar-refractivity contribution in [3.63, 3.8) is 0 Å². The third kappa shape index (κ3) is 6.32. The first-order chi connectivity index (χ1) is 16.9. The summed E-state index contributed by atoms with van der Waals surface area (Å²) >= 11 is 7.56. The number of benzene rings is 2. The van der Waals surface area contributed by atoms with Crippen LogP contribution in [0.15, 0.2) is 81.9 Å². The minimum absolute atomic E-state index is 0.259. The molecule has 0 radical (unpaired) electrons. The van der Waals surface area contributed by atoms with Gasteiger partial charge in [-0.15, -0.1) is 0 Å². The summed E-state index contributed by atoms with van der Waals surface area (Å²) in [7, 11) is 0. The number of allylic oxidation sites excluding steroid dienone is 1. The van der Waals surface area contributed by atoms with Gasteiger partial charge < -0.3 is 21.4 Å². The monoisotopic (exact) mass is 507 g/mol. The van der Waals surface area contributed by atoms with Crippen LogP contribution in [0, 0.1) is 5.92 Å². The molecule has 1 saturated heterocycles. The lowest BCUT2D eigenvalue weighted by atomic mass is 10.0. The zero-order chi connectivity index (χ0) is 24.8. The van der Waals surface area contributed by atoms with Gasteiger partial charge in [-0.3, -0.25) is 4.79 Å². The number of hydrogen-bond acceptors (Lipinski definition) is 7. The van der Waals surface area contributed by atoms with Gasteiger partial charge in [0, 0.05) is 29.7 Å². The SMILES string of the molecule is C/C=C/C(=N\N)Nc1cc(N2CC(C)C2)nc(Sc2ccc(NC(=O)c3ccccc3Cl)cc2)n1. The maximum Gasteiger partial charge on any atom is 0.257 e. The molecule has 0 bridgehead atoms. The topological polar surface area (TPSA) is 109 Å². The molecule has 0 atom stereocenters. The number of carbonyl (C=O) groups is 1. The number of rotatable bonds is 7. The van der Waals surface area contributed by atoms with Gasteiger partial charge in [0.25, 0.3) is 5.91 Å². The first-order valence-electron chi connectivity index (χ1n) is 11.1. The van der Waals surface area contributed by atoms with E-state index in [1.165, 1.54) is 11.8 Å². The minimum atomic E-state index is -0.259. The standard InChI is InChI=1S/C25H26ClN7OS/c1-3-6-21(32-27)29-22-13-23(33-14-16(2)15-33)31-25(30-22)35-18-11-9-17(10-12-18)28-24(34)19-7-4-5-8-20(19)26/h3-13,16H,14-15,27H2,1-2H3,(H,28,34)(H,29,30,31,32)/b6-3+. The van der Waals surface area contributed by atoms with Crippen LogP contribution in [0.1, 0.15) is 24.2 Å². The van der Waals surface area contributed by atoms with E-state index in [2.05, 4.69) is 32.5 Å². The maximum absolute atomic E-state index is 12.5. The predicted octanol–water partition coefficient (Wildman–Crippen LogP) is 5.25. The van der Waals surface area contributed by atoms with Crippen LogP contribution in [0.3, 0.4) is 0 Å². The second-order valence-corrected chi connectivity index (χ2v) is 9.55. The number of aromatic nitrogens is 2. The van der Waals surface area contributed by atoms with Crippen LogP contribution >= 0.6 is 23.4 Å². The van der Waals surface area contributed by atoms with Crippen LogP contribution < -0.4 is 21.4 Å². The molecule has 4 N–H and O–H groups in total. The first-order valence-corrected chi connectivity index (χ1v) is 12.3. The Morgan fingerprint density at radius 2 is 1.91 bits per heavy atom. The summed E-state index contributed by atoms with van der Waals surface area (Å²) in [5.74, 6) is 7.84. The van der Waals surface area contributed by atoms with Crippen molar-refractivity contribution in [2.45, 2.75) is 23.9 Å². The molecule has 1 amide bonds. The molecule has 0 spiro atoms. The van der Waals surface area contributed by atoms with Crippen molar-refractivity contribution < 1.29 is 4.79 Å². The average molecular weight is 508 g/mol. The molecule has 2 aromatic carbocycles. The van der Waals surface area contributed by atoms with Gasteiger partial charge in [-0.1, -0.05) is 36.7 Å². The number of hydrogen-bond donors (Lipinski definition) is 3. The zero-order valence-corrected chi connectivity index (χ0v) is 21.0. The fraction of sp³-hybridized carbons (Fsp3) is 0.200. The van der Waals surface area contributed by atoms with E-state index in [0.717, 1.165) is 23.8 Å². The fourth-order valence-corrected chi connectivity index (χ4v) is 4.52. The molecule has 10 heteroatoms. The minimum Gasteiger partial charge on any atom is -0.356 e. The van der Waals surface area contributed by atoms with E-state index in [1.54, 1.807) is 30.3 Å². The van der Waals surface area contributed by atoms with Gasteiger partial charge in [-0.25, -0.2) is 9.97 Å². The Balaban J connectivity index is 1.50.